The lowest BCUT2D eigenvalue weighted by molar-refractivity contribution is -0.138. The van der Waals surface area contributed by atoms with Gasteiger partial charge in [-0.25, -0.2) is 0 Å². The summed E-state index contributed by atoms with van der Waals surface area (Å²) in [5.41, 5.74) is 5.78. The van der Waals surface area contributed by atoms with Gasteiger partial charge in [0.05, 0.1) is 23.1 Å². The fourth-order valence-electron chi connectivity index (χ4n) is 3.18. The molecule has 6 heteroatoms. The molecule has 114 valence electrons. The third kappa shape index (κ3) is 3.30. The first-order chi connectivity index (χ1) is 9.54. The number of nitrogens with two attached hydrogens (primary N) is 1. The fraction of sp³-hybridized carbons (Fsp3) is 0.857. The van der Waals surface area contributed by atoms with Crippen LogP contribution in [0.3, 0.4) is 0 Å². The Morgan fingerprint density at radius 2 is 2.05 bits per heavy atom. The van der Waals surface area contributed by atoms with Crippen LogP contribution < -0.4 is 5.73 Å². The Morgan fingerprint density at radius 3 is 2.50 bits per heavy atom. The molecule has 2 aliphatic heterocycles. The number of rotatable bonds is 4. The van der Waals surface area contributed by atoms with Gasteiger partial charge in [-0.15, -0.1) is 0 Å². The van der Waals surface area contributed by atoms with Crippen LogP contribution in [0.2, 0.25) is 0 Å². The third-order valence-electron chi connectivity index (χ3n) is 4.48. The quantitative estimate of drug-likeness (QED) is 0.771. The molecule has 2 rings (SSSR count). The Labute approximate surface area is 126 Å². The number of nitrogens with zero attached hydrogens (tertiary/aromatic N) is 2. The summed E-state index contributed by atoms with van der Waals surface area (Å²) in [6, 6.07) is 0.163. The van der Waals surface area contributed by atoms with Gasteiger partial charge in [0.1, 0.15) is 0 Å². The molecule has 0 spiro atoms. The minimum Gasteiger partial charge on any atom is -0.392 e. The predicted molar refractivity (Wildman–Crippen MR) is 82.5 cm³/mol. The highest BCUT2D eigenvalue weighted by molar-refractivity contribution is 7.80. The Morgan fingerprint density at radius 1 is 1.40 bits per heavy atom. The van der Waals surface area contributed by atoms with E-state index in [9.17, 15) is 4.79 Å². The zero-order chi connectivity index (χ0) is 14.7. The molecule has 2 N–H and O–H groups in total. The third-order valence-corrected chi connectivity index (χ3v) is 4.75. The molecule has 0 saturated carbocycles. The lowest BCUT2D eigenvalue weighted by Crippen LogP contribution is -2.55. The number of thiocarbonyl (C=S) groups is 1. The second kappa shape index (κ2) is 6.83. The van der Waals surface area contributed by atoms with Crippen molar-refractivity contribution in [2.45, 2.75) is 38.8 Å². The number of amides is 1. The molecule has 3 unspecified atom stereocenters. The normalized spacial score (nSPS) is 29.4. The molecule has 2 heterocycles. The summed E-state index contributed by atoms with van der Waals surface area (Å²) in [4.78, 5) is 17.3. The van der Waals surface area contributed by atoms with E-state index in [1.54, 1.807) is 0 Å². The molecule has 0 aromatic rings. The number of piperazine rings is 1. The van der Waals surface area contributed by atoms with E-state index in [1.807, 2.05) is 11.8 Å². The lowest BCUT2D eigenvalue weighted by Gasteiger charge is -2.39. The predicted octanol–water partition coefficient (Wildman–Crippen LogP) is 0.620. The van der Waals surface area contributed by atoms with Gasteiger partial charge in [0, 0.05) is 32.8 Å². The Hall–Kier alpha value is -0.720. The molecular weight excluding hydrogens is 274 g/mol. The molecule has 2 aliphatic rings. The van der Waals surface area contributed by atoms with E-state index < -0.39 is 0 Å². The van der Waals surface area contributed by atoms with E-state index >= 15 is 0 Å². The van der Waals surface area contributed by atoms with Gasteiger partial charge in [0.2, 0.25) is 5.91 Å². The first-order valence-electron chi connectivity index (χ1n) is 7.48. The maximum Gasteiger partial charge on any atom is 0.228 e. The fourth-order valence-corrected chi connectivity index (χ4v) is 3.50. The van der Waals surface area contributed by atoms with Crippen LogP contribution in [0.25, 0.3) is 0 Å². The van der Waals surface area contributed by atoms with Gasteiger partial charge in [0.15, 0.2) is 0 Å². The number of ether oxygens (including phenoxy) is 1. The molecule has 20 heavy (non-hydrogen) atoms. The largest absolute Gasteiger partial charge is 0.392 e. The summed E-state index contributed by atoms with van der Waals surface area (Å²) in [6.07, 6.45) is 1.84. The van der Waals surface area contributed by atoms with Crippen LogP contribution >= 0.6 is 12.2 Å². The van der Waals surface area contributed by atoms with E-state index in [4.69, 9.17) is 22.7 Å². The van der Waals surface area contributed by atoms with Crippen molar-refractivity contribution in [3.8, 4) is 0 Å². The van der Waals surface area contributed by atoms with Crippen molar-refractivity contribution in [1.82, 2.24) is 9.80 Å². The van der Waals surface area contributed by atoms with Gasteiger partial charge < -0.3 is 15.4 Å². The maximum atomic E-state index is 12.5. The SMILES string of the molecule is CCC(C(N)=S)N1CCN(C(=O)C2CCOC2C)CC1. The monoisotopic (exact) mass is 299 g/mol. The van der Waals surface area contributed by atoms with Crippen molar-refractivity contribution in [3.63, 3.8) is 0 Å². The highest BCUT2D eigenvalue weighted by Gasteiger charge is 2.35. The number of hydrogen-bond donors (Lipinski definition) is 1. The molecule has 0 aromatic carbocycles. The van der Waals surface area contributed by atoms with Crippen molar-refractivity contribution >= 4 is 23.1 Å². The molecule has 3 atom stereocenters. The van der Waals surface area contributed by atoms with Crippen LogP contribution in [0.5, 0.6) is 0 Å². The molecule has 1 amide bonds. The minimum absolute atomic E-state index is 0.0408. The summed E-state index contributed by atoms with van der Waals surface area (Å²) >= 11 is 5.12. The Kier molecular flexibility index (Phi) is 5.35. The highest BCUT2D eigenvalue weighted by Crippen LogP contribution is 2.23. The Bertz CT molecular complexity index is 369. The van der Waals surface area contributed by atoms with Gasteiger partial charge >= 0.3 is 0 Å². The van der Waals surface area contributed by atoms with Crippen molar-refractivity contribution in [2.24, 2.45) is 11.7 Å². The van der Waals surface area contributed by atoms with Crippen molar-refractivity contribution in [1.29, 1.82) is 0 Å². The summed E-state index contributed by atoms with van der Waals surface area (Å²) in [5, 5.41) is 0. The number of carbonyl (C=O) groups excluding carboxylic acids is 1. The van der Waals surface area contributed by atoms with Crippen LogP contribution in [-0.2, 0) is 9.53 Å². The molecule has 2 saturated heterocycles. The summed E-state index contributed by atoms with van der Waals surface area (Å²) in [5.74, 6) is 0.289. The topological polar surface area (TPSA) is 58.8 Å². The average Bonchev–Trinajstić information content (AvgIpc) is 2.85. The number of hydrogen-bond acceptors (Lipinski definition) is 4. The molecule has 2 fully saturated rings. The zero-order valence-electron chi connectivity index (χ0n) is 12.4. The molecule has 0 bridgehead atoms. The zero-order valence-corrected chi connectivity index (χ0v) is 13.2. The first-order valence-corrected chi connectivity index (χ1v) is 7.89. The minimum atomic E-state index is 0.0408. The average molecular weight is 299 g/mol. The van der Waals surface area contributed by atoms with Gasteiger partial charge in [-0.2, -0.15) is 0 Å². The van der Waals surface area contributed by atoms with Crippen molar-refractivity contribution in [3.05, 3.63) is 0 Å². The number of carbonyl (C=O) groups is 1. The van der Waals surface area contributed by atoms with Crippen LogP contribution in [0.4, 0.5) is 0 Å². The molecular formula is C14H25N3O2S. The van der Waals surface area contributed by atoms with E-state index in [0.717, 1.165) is 39.0 Å². The highest BCUT2D eigenvalue weighted by atomic mass is 32.1. The maximum absolute atomic E-state index is 12.5. The standard InChI is InChI=1S/C14H25N3O2S/c1-3-12(13(15)20)16-5-7-17(8-6-16)14(18)11-4-9-19-10(11)2/h10-12H,3-9H2,1-2H3,(H2,15,20). The van der Waals surface area contributed by atoms with Crippen LogP contribution in [0, 0.1) is 5.92 Å². The van der Waals surface area contributed by atoms with Gasteiger partial charge in [-0.05, 0) is 19.8 Å². The molecule has 0 aliphatic carbocycles. The van der Waals surface area contributed by atoms with Crippen molar-refractivity contribution in [2.75, 3.05) is 32.8 Å². The van der Waals surface area contributed by atoms with Gasteiger partial charge in [0.25, 0.3) is 0 Å². The van der Waals surface area contributed by atoms with Crippen LogP contribution in [-0.4, -0.2) is 65.6 Å². The van der Waals surface area contributed by atoms with Gasteiger partial charge in [-0.1, -0.05) is 19.1 Å². The smallest absolute Gasteiger partial charge is 0.228 e. The molecule has 0 radical (unpaired) electrons. The second-order valence-electron chi connectivity index (χ2n) is 5.66. The van der Waals surface area contributed by atoms with E-state index in [-0.39, 0.29) is 24.0 Å². The van der Waals surface area contributed by atoms with Crippen LogP contribution in [0.15, 0.2) is 0 Å². The first kappa shape index (κ1) is 15.7. The van der Waals surface area contributed by atoms with E-state index in [1.165, 1.54) is 0 Å². The van der Waals surface area contributed by atoms with E-state index in [2.05, 4.69) is 11.8 Å². The van der Waals surface area contributed by atoms with Crippen molar-refractivity contribution < 1.29 is 9.53 Å². The lowest BCUT2D eigenvalue weighted by atomic mass is 10.0. The van der Waals surface area contributed by atoms with Crippen LogP contribution in [0.1, 0.15) is 26.7 Å². The molecule has 0 aromatic heterocycles. The Balaban J connectivity index is 1.87. The summed E-state index contributed by atoms with van der Waals surface area (Å²) in [6.45, 7) is 8.02. The molecule has 5 nitrogen and oxygen atoms in total. The van der Waals surface area contributed by atoms with E-state index in [0.29, 0.717) is 11.6 Å². The summed E-state index contributed by atoms with van der Waals surface area (Å²) < 4.78 is 5.49. The van der Waals surface area contributed by atoms with Gasteiger partial charge in [-0.3, -0.25) is 9.69 Å². The summed E-state index contributed by atoms with van der Waals surface area (Å²) in [7, 11) is 0. The second-order valence-corrected chi connectivity index (χ2v) is 6.13.